The van der Waals surface area contributed by atoms with Crippen molar-refractivity contribution in [3.8, 4) is 17.0 Å². The van der Waals surface area contributed by atoms with Gasteiger partial charge in [0.05, 0.1) is 47.5 Å². The highest BCUT2D eigenvalue weighted by atomic mass is 16.5. The highest BCUT2D eigenvalue weighted by Crippen LogP contribution is 2.40. The van der Waals surface area contributed by atoms with E-state index in [1.807, 2.05) is 31.8 Å². The number of pyridine rings is 2. The number of aryl methyl sites for hydroxylation is 1. The molecule has 0 radical (unpaired) electrons. The van der Waals surface area contributed by atoms with Crippen LogP contribution in [0.2, 0.25) is 0 Å². The van der Waals surface area contributed by atoms with Crippen molar-refractivity contribution in [2.75, 3.05) is 77.6 Å². The van der Waals surface area contributed by atoms with Gasteiger partial charge in [-0.2, -0.15) is 5.10 Å². The number of hydrogen-bond acceptors (Lipinski definition) is 8. The summed E-state index contributed by atoms with van der Waals surface area (Å²) in [5.41, 5.74) is 4.82. The van der Waals surface area contributed by atoms with E-state index in [4.69, 9.17) is 19.4 Å². The van der Waals surface area contributed by atoms with E-state index in [0.29, 0.717) is 13.2 Å². The number of nitrogens with one attached hydrogen (secondary N) is 1. The summed E-state index contributed by atoms with van der Waals surface area (Å²) in [5, 5.41) is 6.52. The number of ether oxygens (including phenoxy) is 2. The SMILES string of the molecule is COCCOc1cnc2[nH]c3cnc(-c4cnn(C)c4)cc3c2c1N1CCN(CCCN2CCCCC2)CC1. The van der Waals surface area contributed by atoms with Gasteiger partial charge < -0.3 is 24.3 Å². The van der Waals surface area contributed by atoms with Crippen LogP contribution in [0.5, 0.6) is 5.75 Å². The van der Waals surface area contributed by atoms with Crippen LogP contribution >= 0.6 is 0 Å². The number of likely N-dealkylation sites (tertiary alicyclic amines) is 1. The first-order chi connectivity index (χ1) is 19.2. The van der Waals surface area contributed by atoms with Crippen LogP contribution in [0.3, 0.4) is 0 Å². The number of methoxy groups -OCH3 is 1. The predicted molar refractivity (Wildman–Crippen MR) is 155 cm³/mol. The van der Waals surface area contributed by atoms with E-state index < -0.39 is 0 Å². The van der Waals surface area contributed by atoms with Crippen LogP contribution < -0.4 is 9.64 Å². The molecular weight excluding hydrogens is 492 g/mol. The van der Waals surface area contributed by atoms with Gasteiger partial charge in [-0.25, -0.2) is 4.98 Å². The lowest BCUT2D eigenvalue weighted by molar-refractivity contribution is 0.146. The molecule has 10 nitrogen and oxygen atoms in total. The number of nitrogens with zero attached hydrogens (tertiary/aromatic N) is 7. The molecule has 0 atom stereocenters. The minimum atomic E-state index is 0.484. The normalized spacial score (nSPS) is 17.4. The molecule has 208 valence electrons. The minimum Gasteiger partial charge on any atom is -0.487 e. The Morgan fingerprint density at radius 2 is 1.69 bits per heavy atom. The Morgan fingerprint density at radius 3 is 2.44 bits per heavy atom. The van der Waals surface area contributed by atoms with Crippen LogP contribution in [-0.4, -0.2) is 107 Å². The highest BCUT2D eigenvalue weighted by molar-refractivity contribution is 6.14. The zero-order valence-corrected chi connectivity index (χ0v) is 23.2. The van der Waals surface area contributed by atoms with Gasteiger partial charge in [-0.3, -0.25) is 14.6 Å². The standard InChI is InChI=1S/C29H40N8O2/c1-34-21-22(18-32-34)24-17-23-25(19-30-24)33-29-27(23)28(26(20-31-29)39-16-15-38-2)37-13-11-36(12-14-37)10-6-9-35-7-4-3-5-8-35/h17-21H,3-16H2,1-2H3,(H,31,33). The molecule has 39 heavy (non-hydrogen) atoms. The smallest absolute Gasteiger partial charge is 0.161 e. The molecule has 0 aromatic carbocycles. The lowest BCUT2D eigenvalue weighted by Crippen LogP contribution is -2.47. The van der Waals surface area contributed by atoms with Crippen molar-refractivity contribution in [3.63, 3.8) is 0 Å². The fraction of sp³-hybridized carbons (Fsp3) is 0.552. The van der Waals surface area contributed by atoms with Crippen LogP contribution in [0.15, 0.2) is 30.9 Å². The average molecular weight is 533 g/mol. The molecule has 6 rings (SSSR count). The summed E-state index contributed by atoms with van der Waals surface area (Å²) < 4.78 is 13.3. The van der Waals surface area contributed by atoms with Gasteiger partial charge in [0.15, 0.2) is 5.75 Å². The lowest BCUT2D eigenvalue weighted by Gasteiger charge is -2.37. The summed E-state index contributed by atoms with van der Waals surface area (Å²) in [5.74, 6) is 0.804. The first-order valence-corrected chi connectivity index (χ1v) is 14.3. The quantitative estimate of drug-likeness (QED) is 0.311. The van der Waals surface area contributed by atoms with Gasteiger partial charge in [0.1, 0.15) is 12.3 Å². The third-order valence-corrected chi connectivity index (χ3v) is 8.08. The Hall–Kier alpha value is -3.21. The summed E-state index contributed by atoms with van der Waals surface area (Å²) in [6.07, 6.45) is 13.0. The van der Waals surface area contributed by atoms with Gasteiger partial charge in [-0.1, -0.05) is 6.42 Å². The largest absolute Gasteiger partial charge is 0.487 e. The lowest BCUT2D eigenvalue weighted by atomic mass is 10.1. The van der Waals surface area contributed by atoms with Crippen molar-refractivity contribution in [1.82, 2.24) is 34.5 Å². The third kappa shape index (κ3) is 5.73. The van der Waals surface area contributed by atoms with Gasteiger partial charge in [-0.05, 0) is 51.5 Å². The van der Waals surface area contributed by atoms with Gasteiger partial charge in [0, 0.05) is 57.5 Å². The number of fused-ring (bicyclic) bond motifs is 3. The van der Waals surface area contributed by atoms with E-state index in [1.54, 1.807) is 11.8 Å². The maximum absolute atomic E-state index is 6.24. The molecule has 6 heterocycles. The molecule has 4 aromatic heterocycles. The molecule has 2 fully saturated rings. The average Bonchev–Trinajstić information content (AvgIpc) is 3.57. The van der Waals surface area contributed by atoms with Gasteiger partial charge in [0.2, 0.25) is 0 Å². The molecule has 10 heteroatoms. The molecule has 4 aromatic rings. The first kappa shape index (κ1) is 26.0. The Kier molecular flexibility index (Phi) is 7.94. The second kappa shape index (κ2) is 11.9. The number of rotatable bonds is 10. The van der Waals surface area contributed by atoms with E-state index >= 15 is 0 Å². The number of aromatic nitrogens is 5. The molecule has 0 saturated carbocycles. The second-order valence-corrected chi connectivity index (χ2v) is 10.8. The van der Waals surface area contributed by atoms with E-state index in [0.717, 1.165) is 70.8 Å². The van der Waals surface area contributed by atoms with Crippen LogP contribution in [0, 0.1) is 0 Å². The van der Waals surface area contributed by atoms with Gasteiger partial charge in [-0.15, -0.1) is 0 Å². The highest BCUT2D eigenvalue weighted by Gasteiger charge is 2.25. The van der Waals surface area contributed by atoms with Crippen LogP contribution in [-0.2, 0) is 11.8 Å². The fourth-order valence-corrected chi connectivity index (χ4v) is 5.99. The molecule has 0 spiro atoms. The fourth-order valence-electron chi connectivity index (χ4n) is 5.99. The number of piperidine rings is 1. The summed E-state index contributed by atoms with van der Waals surface area (Å²) in [7, 11) is 3.62. The van der Waals surface area contributed by atoms with Crippen molar-refractivity contribution >= 4 is 27.6 Å². The Bertz CT molecular complexity index is 1380. The van der Waals surface area contributed by atoms with Crippen molar-refractivity contribution in [2.24, 2.45) is 7.05 Å². The molecule has 2 saturated heterocycles. The van der Waals surface area contributed by atoms with E-state index in [2.05, 4.69) is 30.8 Å². The Morgan fingerprint density at radius 1 is 0.897 bits per heavy atom. The predicted octanol–water partition coefficient (Wildman–Crippen LogP) is 3.53. The molecular formula is C29H40N8O2. The van der Waals surface area contributed by atoms with Gasteiger partial charge in [0.25, 0.3) is 0 Å². The Balaban J connectivity index is 1.26. The van der Waals surface area contributed by atoms with Crippen molar-refractivity contribution < 1.29 is 9.47 Å². The topological polar surface area (TPSA) is 87.6 Å². The number of piperazine rings is 1. The van der Waals surface area contributed by atoms with Crippen LogP contribution in [0.1, 0.15) is 25.7 Å². The van der Waals surface area contributed by atoms with E-state index in [9.17, 15) is 0 Å². The monoisotopic (exact) mass is 532 g/mol. The number of aromatic amines is 1. The summed E-state index contributed by atoms with van der Waals surface area (Å²) >= 11 is 0. The van der Waals surface area contributed by atoms with Gasteiger partial charge >= 0.3 is 0 Å². The third-order valence-electron chi connectivity index (χ3n) is 8.08. The summed E-state index contributed by atoms with van der Waals surface area (Å²) in [6, 6.07) is 2.14. The van der Waals surface area contributed by atoms with E-state index in [-0.39, 0.29) is 0 Å². The molecule has 2 aliphatic rings. The van der Waals surface area contributed by atoms with Crippen LogP contribution in [0.4, 0.5) is 5.69 Å². The number of hydrogen-bond donors (Lipinski definition) is 1. The van der Waals surface area contributed by atoms with E-state index in [1.165, 1.54) is 51.9 Å². The summed E-state index contributed by atoms with van der Waals surface area (Å²) in [4.78, 5) is 20.7. The number of anilines is 1. The van der Waals surface area contributed by atoms with Crippen molar-refractivity contribution in [1.29, 1.82) is 0 Å². The molecule has 0 aliphatic carbocycles. The van der Waals surface area contributed by atoms with Crippen molar-refractivity contribution in [3.05, 3.63) is 30.9 Å². The first-order valence-electron chi connectivity index (χ1n) is 14.3. The molecule has 2 aliphatic heterocycles. The molecule has 0 bridgehead atoms. The van der Waals surface area contributed by atoms with Crippen molar-refractivity contribution in [2.45, 2.75) is 25.7 Å². The zero-order valence-electron chi connectivity index (χ0n) is 23.2. The summed E-state index contributed by atoms with van der Waals surface area (Å²) in [6.45, 7) is 9.97. The molecule has 1 N–H and O–H groups in total. The minimum absolute atomic E-state index is 0.484. The molecule has 0 unspecified atom stereocenters. The number of H-pyrrole nitrogens is 1. The Labute approximate surface area is 229 Å². The molecule has 0 amide bonds. The second-order valence-electron chi connectivity index (χ2n) is 10.8. The maximum atomic E-state index is 6.24. The van der Waals surface area contributed by atoms with Crippen LogP contribution in [0.25, 0.3) is 33.2 Å². The zero-order chi connectivity index (χ0) is 26.6. The maximum Gasteiger partial charge on any atom is 0.161 e.